The Bertz CT molecular complexity index is 363. The zero-order chi connectivity index (χ0) is 17.7. The fourth-order valence-corrected chi connectivity index (χ4v) is 2.85. The number of hydrogen-bond acceptors (Lipinski definition) is 4. The summed E-state index contributed by atoms with van der Waals surface area (Å²) < 4.78 is 5.42. The number of nitrogens with zero attached hydrogens (tertiary/aromatic N) is 2. The van der Waals surface area contributed by atoms with Gasteiger partial charge in [-0.1, -0.05) is 20.8 Å². The van der Waals surface area contributed by atoms with Crippen molar-refractivity contribution < 1.29 is 9.53 Å². The van der Waals surface area contributed by atoms with Crippen LogP contribution in [0.4, 0.5) is 4.79 Å². The SMILES string of the molecule is CN1CCN(CCC(CC(C)(C)C)NC(=O)OC(C)(C)C)CC1. The predicted molar refractivity (Wildman–Crippen MR) is 95.8 cm³/mol. The molecule has 1 saturated heterocycles. The molecule has 5 heteroatoms. The number of piperazine rings is 1. The number of hydrogen-bond donors (Lipinski definition) is 1. The van der Waals surface area contributed by atoms with Gasteiger partial charge in [-0.2, -0.15) is 0 Å². The summed E-state index contributed by atoms with van der Waals surface area (Å²) in [6.45, 7) is 17.9. The van der Waals surface area contributed by atoms with E-state index in [-0.39, 0.29) is 17.6 Å². The van der Waals surface area contributed by atoms with Gasteiger partial charge in [-0.15, -0.1) is 0 Å². The molecule has 0 radical (unpaired) electrons. The maximum atomic E-state index is 12.1. The first-order valence-electron chi connectivity index (χ1n) is 8.85. The van der Waals surface area contributed by atoms with Crippen molar-refractivity contribution in [2.24, 2.45) is 5.41 Å². The standard InChI is InChI=1S/C18H37N3O2/c1-17(2,3)14-15(19-16(22)23-18(4,5)6)8-9-21-12-10-20(7)11-13-21/h15H,8-14H2,1-7H3,(H,19,22). The molecule has 1 N–H and O–H groups in total. The molecule has 0 spiro atoms. The summed E-state index contributed by atoms with van der Waals surface area (Å²) in [5.41, 5.74) is -0.268. The Morgan fingerprint density at radius 2 is 1.65 bits per heavy atom. The van der Waals surface area contributed by atoms with Gasteiger partial charge < -0.3 is 19.9 Å². The van der Waals surface area contributed by atoms with E-state index >= 15 is 0 Å². The molecule has 1 heterocycles. The van der Waals surface area contributed by atoms with Gasteiger partial charge in [-0.25, -0.2) is 4.79 Å². The lowest BCUT2D eigenvalue weighted by atomic mass is 9.87. The Balaban J connectivity index is 2.50. The van der Waals surface area contributed by atoms with Crippen molar-refractivity contribution in [3.63, 3.8) is 0 Å². The van der Waals surface area contributed by atoms with E-state index in [0.717, 1.165) is 45.6 Å². The number of nitrogens with one attached hydrogen (secondary N) is 1. The monoisotopic (exact) mass is 327 g/mol. The predicted octanol–water partition coefficient (Wildman–Crippen LogP) is 2.95. The van der Waals surface area contributed by atoms with Crippen molar-refractivity contribution in [1.82, 2.24) is 15.1 Å². The molecule has 0 aromatic rings. The third-order valence-corrected chi connectivity index (χ3v) is 3.97. The van der Waals surface area contributed by atoms with Crippen LogP contribution < -0.4 is 5.32 Å². The molecule has 1 unspecified atom stereocenters. The van der Waals surface area contributed by atoms with Crippen LogP contribution in [-0.2, 0) is 4.74 Å². The van der Waals surface area contributed by atoms with Gasteiger partial charge in [0, 0.05) is 38.8 Å². The first-order valence-corrected chi connectivity index (χ1v) is 8.85. The Hall–Kier alpha value is -0.810. The highest BCUT2D eigenvalue weighted by atomic mass is 16.6. The molecular weight excluding hydrogens is 290 g/mol. The second-order valence-corrected chi connectivity index (χ2v) is 9.04. The van der Waals surface area contributed by atoms with Gasteiger partial charge in [0.15, 0.2) is 0 Å². The topological polar surface area (TPSA) is 44.8 Å². The minimum atomic E-state index is -0.451. The maximum Gasteiger partial charge on any atom is 0.407 e. The molecule has 1 atom stereocenters. The van der Waals surface area contributed by atoms with Gasteiger partial charge in [0.25, 0.3) is 0 Å². The molecule has 1 aliphatic rings. The van der Waals surface area contributed by atoms with Crippen LogP contribution in [0.5, 0.6) is 0 Å². The molecule has 0 aromatic heterocycles. The van der Waals surface area contributed by atoms with Gasteiger partial charge in [0.1, 0.15) is 5.60 Å². The minimum Gasteiger partial charge on any atom is -0.444 e. The molecule has 1 amide bonds. The summed E-state index contributed by atoms with van der Waals surface area (Å²) in [4.78, 5) is 17.0. The Labute approximate surface area is 142 Å². The largest absolute Gasteiger partial charge is 0.444 e. The van der Waals surface area contributed by atoms with E-state index in [0.29, 0.717) is 0 Å². The van der Waals surface area contributed by atoms with E-state index in [9.17, 15) is 4.79 Å². The number of carbonyl (C=O) groups is 1. The molecule has 0 bridgehead atoms. The number of rotatable bonds is 5. The third kappa shape index (κ3) is 9.82. The van der Waals surface area contributed by atoms with Crippen LogP contribution in [0.15, 0.2) is 0 Å². The van der Waals surface area contributed by atoms with E-state index < -0.39 is 5.60 Å². The third-order valence-electron chi connectivity index (χ3n) is 3.97. The van der Waals surface area contributed by atoms with Crippen LogP contribution in [0.3, 0.4) is 0 Å². The van der Waals surface area contributed by atoms with Gasteiger partial charge in [0.2, 0.25) is 0 Å². The number of ether oxygens (including phenoxy) is 1. The van der Waals surface area contributed by atoms with E-state index in [4.69, 9.17) is 4.74 Å². The highest BCUT2D eigenvalue weighted by molar-refractivity contribution is 5.68. The van der Waals surface area contributed by atoms with Crippen molar-refractivity contribution in [3.05, 3.63) is 0 Å². The number of alkyl carbamates (subject to hydrolysis) is 1. The summed E-state index contributed by atoms with van der Waals surface area (Å²) in [6.07, 6.45) is 1.63. The maximum absolute atomic E-state index is 12.1. The Morgan fingerprint density at radius 1 is 1.09 bits per heavy atom. The fourth-order valence-electron chi connectivity index (χ4n) is 2.85. The zero-order valence-corrected chi connectivity index (χ0v) is 16.2. The molecule has 23 heavy (non-hydrogen) atoms. The second-order valence-electron chi connectivity index (χ2n) is 9.04. The van der Waals surface area contributed by atoms with Gasteiger partial charge in [0.05, 0.1) is 0 Å². The van der Waals surface area contributed by atoms with Crippen molar-refractivity contribution in [3.8, 4) is 0 Å². The van der Waals surface area contributed by atoms with Crippen LogP contribution in [0, 0.1) is 5.41 Å². The average Bonchev–Trinajstić information content (AvgIpc) is 2.33. The zero-order valence-electron chi connectivity index (χ0n) is 16.2. The van der Waals surface area contributed by atoms with Crippen LogP contribution in [-0.4, -0.2) is 67.3 Å². The van der Waals surface area contributed by atoms with Crippen molar-refractivity contribution in [2.75, 3.05) is 39.8 Å². The minimum absolute atomic E-state index is 0.157. The lowest BCUT2D eigenvalue weighted by Gasteiger charge is -2.34. The Kier molecular flexibility index (Phi) is 7.33. The van der Waals surface area contributed by atoms with Crippen LogP contribution >= 0.6 is 0 Å². The number of likely N-dealkylation sites (N-methyl/N-ethyl adjacent to an activating group) is 1. The van der Waals surface area contributed by atoms with E-state index in [1.807, 2.05) is 20.8 Å². The first-order chi connectivity index (χ1) is 10.4. The smallest absolute Gasteiger partial charge is 0.407 e. The lowest BCUT2D eigenvalue weighted by molar-refractivity contribution is 0.0482. The molecule has 0 saturated carbocycles. The van der Waals surface area contributed by atoms with Crippen LogP contribution in [0.2, 0.25) is 0 Å². The molecule has 5 nitrogen and oxygen atoms in total. The number of carbonyl (C=O) groups excluding carboxylic acids is 1. The molecule has 1 rings (SSSR count). The molecule has 136 valence electrons. The Morgan fingerprint density at radius 3 is 2.13 bits per heavy atom. The van der Waals surface area contributed by atoms with Crippen molar-refractivity contribution >= 4 is 6.09 Å². The van der Waals surface area contributed by atoms with Crippen molar-refractivity contribution in [2.45, 2.75) is 66.0 Å². The van der Waals surface area contributed by atoms with Crippen molar-refractivity contribution in [1.29, 1.82) is 0 Å². The summed E-state index contributed by atoms with van der Waals surface area (Å²) in [6, 6.07) is 0.157. The molecule has 0 aromatic carbocycles. The average molecular weight is 328 g/mol. The van der Waals surface area contributed by atoms with E-state index in [1.165, 1.54) is 0 Å². The van der Waals surface area contributed by atoms with E-state index in [1.54, 1.807) is 0 Å². The highest BCUT2D eigenvalue weighted by Gasteiger charge is 2.24. The molecule has 0 aliphatic carbocycles. The molecule has 1 fully saturated rings. The van der Waals surface area contributed by atoms with Gasteiger partial charge in [-0.3, -0.25) is 0 Å². The van der Waals surface area contributed by atoms with Crippen LogP contribution in [0.25, 0.3) is 0 Å². The normalized spacial score (nSPS) is 19.4. The van der Waals surface area contributed by atoms with Gasteiger partial charge >= 0.3 is 6.09 Å². The molecule has 1 aliphatic heterocycles. The van der Waals surface area contributed by atoms with Crippen LogP contribution in [0.1, 0.15) is 54.4 Å². The quantitative estimate of drug-likeness (QED) is 0.843. The van der Waals surface area contributed by atoms with E-state index in [2.05, 4.69) is 42.9 Å². The molecular formula is C18H37N3O2. The first kappa shape index (κ1) is 20.2. The summed E-state index contributed by atoms with van der Waals surface area (Å²) in [5.74, 6) is 0. The van der Waals surface area contributed by atoms with Gasteiger partial charge in [-0.05, 0) is 46.1 Å². The second kappa shape index (κ2) is 8.34. The summed E-state index contributed by atoms with van der Waals surface area (Å²) in [5, 5.41) is 3.08. The highest BCUT2D eigenvalue weighted by Crippen LogP contribution is 2.23. The lowest BCUT2D eigenvalue weighted by Crippen LogP contribution is -2.47. The summed E-state index contributed by atoms with van der Waals surface area (Å²) in [7, 11) is 2.17. The number of amides is 1. The fraction of sp³-hybridized carbons (Fsp3) is 0.944. The summed E-state index contributed by atoms with van der Waals surface area (Å²) >= 11 is 0.